The van der Waals surface area contributed by atoms with Crippen LogP contribution in [0.2, 0.25) is 0 Å². The van der Waals surface area contributed by atoms with Crippen molar-refractivity contribution in [2.75, 3.05) is 17.8 Å². The van der Waals surface area contributed by atoms with Gasteiger partial charge < -0.3 is 10.5 Å². The number of thiazole rings is 1. The third-order valence-corrected chi connectivity index (χ3v) is 3.91. The number of aromatic nitrogens is 1. The average Bonchev–Trinajstić information content (AvgIpc) is 2.88. The van der Waals surface area contributed by atoms with Crippen molar-refractivity contribution in [3.63, 3.8) is 0 Å². The van der Waals surface area contributed by atoms with E-state index in [1.165, 1.54) is 17.5 Å². The van der Waals surface area contributed by atoms with Crippen LogP contribution in [-0.2, 0) is 9.53 Å². The fourth-order valence-electron chi connectivity index (χ4n) is 1.47. The zero-order valence-corrected chi connectivity index (χ0v) is 13.6. The summed E-state index contributed by atoms with van der Waals surface area (Å²) in [5, 5.41) is 4.50. The Labute approximate surface area is 134 Å². The summed E-state index contributed by atoms with van der Waals surface area (Å²) in [6.07, 6.45) is 1.50. The molecule has 0 spiro atoms. The lowest BCUT2D eigenvalue weighted by Crippen LogP contribution is -2.19. The molecule has 110 valence electrons. The van der Waals surface area contributed by atoms with Gasteiger partial charge in [-0.3, -0.25) is 5.43 Å². The van der Waals surface area contributed by atoms with Gasteiger partial charge in [0.05, 0.1) is 17.2 Å². The number of rotatable bonds is 5. The topological polar surface area (TPSA) is 89.6 Å². The molecule has 6 nitrogen and oxygen atoms in total. The van der Waals surface area contributed by atoms with Crippen molar-refractivity contribution in [2.45, 2.75) is 6.92 Å². The maximum Gasteiger partial charge on any atom is 0.360 e. The van der Waals surface area contributed by atoms with Crippen LogP contribution in [0.15, 0.2) is 40.0 Å². The summed E-state index contributed by atoms with van der Waals surface area (Å²) in [5.41, 5.74) is 9.31. The van der Waals surface area contributed by atoms with Gasteiger partial charge in [0.2, 0.25) is 0 Å². The molecular weight excluding hydrogens is 356 g/mol. The van der Waals surface area contributed by atoms with E-state index in [0.29, 0.717) is 10.0 Å². The second-order valence-electron chi connectivity index (χ2n) is 3.84. The first-order valence-electron chi connectivity index (χ1n) is 6.08. The first kappa shape index (κ1) is 15.5. The normalized spacial score (nSPS) is 11.2. The fraction of sp³-hybridized carbons (Fsp3) is 0.154. The third-order valence-electron chi connectivity index (χ3n) is 2.39. The summed E-state index contributed by atoms with van der Waals surface area (Å²) in [5.74, 6) is -0.527. The second-order valence-corrected chi connectivity index (χ2v) is 5.75. The number of nitrogen functional groups attached to an aromatic ring is 1. The lowest BCUT2D eigenvalue weighted by atomic mass is 10.3. The molecule has 0 unspecified atom stereocenters. The first-order valence-corrected chi connectivity index (χ1v) is 7.69. The van der Waals surface area contributed by atoms with E-state index in [-0.39, 0.29) is 12.3 Å². The molecule has 0 saturated heterocycles. The quantitative estimate of drug-likeness (QED) is 0.481. The van der Waals surface area contributed by atoms with E-state index in [1.807, 2.05) is 24.3 Å². The van der Waals surface area contributed by atoms with Crippen LogP contribution in [0, 0.1) is 0 Å². The van der Waals surface area contributed by atoms with Gasteiger partial charge in [0.25, 0.3) is 0 Å². The number of halogens is 1. The van der Waals surface area contributed by atoms with Gasteiger partial charge in [0, 0.05) is 10.7 Å². The number of para-hydroxylation sites is 1. The van der Waals surface area contributed by atoms with Crippen LogP contribution in [0.4, 0.5) is 10.8 Å². The highest BCUT2D eigenvalue weighted by Gasteiger charge is 2.18. The van der Waals surface area contributed by atoms with E-state index in [9.17, 15) is 4.79 Å². The maximum atomic E-state index is 12.0. The zero-order chi connectivity index (χ0) is 15.2. The first-order chi connectivity index (χ1) is 10.1. The fourth-order valence-corrected chi connectivity index (χ4v) is 2.50. The Morgan fingerprint density at radius 1 is 1.52 bits per heavy atom. The summed E-state index contributed by atoms with van der Waals surface area (Å²) in [6, 6.07) is 7.44. The van der Waals surface area contributed by atoms with Crippen molar-refractivity contribution in [3.8, 4) is 0 Å². The maximum absolute atomic E-state index is 12.0. The standard InChI is InChI=1S/C13H13BrN4O2S/c1-2-20-12(19)11(10-7-16-13(15)21-10)18-17-9-6-4-3-5-8(9)14/h3-7,17H,2H2,1H3,(H2,15,16)/b18-11-. The minimum absolute atomic E-state index is 0.141. The summed E-state index contributed by atoms with van der Waals surface area (Å²) < 4.78 is 5.84. The van der Waals surface area contributed by atoms with Crippen LogP contribution in [-0.4, -0.2) is 23.3 Å². The largest absolute Gasteiger partial charge is 0.461 e. The highest BCUT2D eigenvalue weighted by atomic mass is 79.9. The van der Waals surface area contributed by atoms with Gasteiger partial charge in [0.1, 0.15) is 0 Å². The molecule has 2 aromatic rings. The van der Waals surface area contributed by atoms with Crippen LogP contribution >= 0.6 is 27.3 Å². The smallest absolute Gasteiger partial charge is 0.360 e. The van der Waals surface area contributed by atoms with Crippen molar-refractivity contribution in [3.05, 3.63) is 39.8 Å². The monoisotopic (exact) mass is 368 g/mol. The molecule has 0 fully saturated rings. The number of anilines is 2. The van der Waals surface area contributed by atoms with Gasteiger partial charge in [0.15, 0.2) is 10.8 Å². The summed E-state index contributed by atoms with van der Waals surface area (Å²) in [4.78, 5) is 16.5. The molecule has 1 aromatic carbocycles. The van der Waals surface area contributed by atoms with Crippen LogP contribution < -0.4 is 11.2 Å². The van der Waals surface area contributed by atoms with Gasteiger partial charge >= 0.3 is 5.97 Å². The van der Waals surface area contributed by atoms with E-state index in [2.05, 4.69) is 31.4 Å². The molecule has 0 radical (unpaired) electrons. The van der Waals surface area contributed by atoms with Gasteiger partial charge in [-0.1, -0.05) is 23.5 Å². The molecule has 0 saturated carbocycles. The van der Waals surface area contributed by atoms with E-state index in [0.717, 1.165) is 10.2 Å². The zero-order valence-electron chi connectivity index (χ0n) is 11.2. The molecule has 1 aromatic heterocycles. The summed E-state index contributed by atoms with van der Waals surface area (Å²) in [7, 11) is 0. The third kappa shape index (κ3) is 4.02. The molecule has 0 aliphatic rings. The van der Waals surface area contributed by atoms with E-state index in [1.54, 1.807) is 6.92 Å². The predicted octanol–water partition coefficient (Wildman–Crippen LogP) is 2.87. The molecule has 8 heteroatoms. The van der Waals surface area contributed by atoms with E-state index in [4.69, 9.17) is 10.5 Å². The Balaban J connectivity index is 2.29. The molecule has 0 bridgehead atoms. The highest BCUT2D eigenvalue weighted by molar-refractivity contribution is 9.10. The molecule has 0 atom stereocenters. The van der Waals surface area contributed by atoms with Crippen LogP contribution in [0.3, 0.4) is 0 Å². The lowest BCUT2D eigenvalue weighted by Gasteiger charge is -2.06. The number of nitrogens with two attached hydrogens (primary N) is 1. The van der Waals surface area contributed by atoms with Crippen LogP contribution in [0.25, 0.3) is 0 Å². The molecule has 3 N–H and O–H groups in total. The van der Waals surface area contributed by atoms with Crippen molar-refractivity contribution in [2.24, 2.45) is 5.10 Å². The molecule has 1 heterocycles. The SMILES string of the molecule is CCOC(=O)/C(=N\Nc1ccccc1Br)c1cnc(N)s1. The Bertz CT molecular complexity index is 672. The summed E-state index contributed by atoms with van der Waals surface area (Å²) >= 11 is 4.57. The highest BCUT2D eigenvalue weighted by Crippen LogP contribution is 2.22. The Morgan fingerprint density at radius 3 is 2.90 bits per heavy atom. The van der Waals surface area contributed by atoms with Gasteiger partial charge in [-0.05, 0) is 35.0 Å². The van der Waals surface area contributed by atoms with Crippen molar-refractivity contribution < 1.29 is 9.53 Å². The Kier molecular flexibility index (Phi) is 5.29. The number of carbonyl (C=O) groups excluding carboxylic acids is 1. The number of carbonyl (C=O) groups is 1. The minimum atomic E-state index is -0.527. The van der Waals surface area contributed by atoms with Gasteiger partial charge in [-0.25, -0.2) is 9.78 Å². The van der Waals surface area contributed by atoms with Crippen molar-refractivity contribution in [1.82, 2.24) is 4.98 Å². The molecule has 21 heavy (non-hydrogen) atoms. The Hall–Kier alpha value is -1.93. The number of nitrogens with zero attached hydrogens (tertiary/aromatic N) is 2. The van der Waals surface area contributed by atoms with Crippen molar-refractivity contribution >= 4 is 49.8 Å². The number of esters is 1. The molecule has 0 aliphatic carbocycles. The number of ether oxygens (including phenoxy) is 1. The number of hydrogen-bond acceptors (Lipinski definition) is 7. The lowest BCUT2D eigenvalue weighted by molar-refractivity contribution is -0.134. The number of benzene rings is 1. The average molecular weight is 369 g/mol. The number of nitrogens with one attached hydrogen (secondary N) is 1. The predicted molar refractivity (Wildman–Crippen MR) is 87.5 cm³/mol. The van der Waals surface area contributed by atoms with Crippen molar-refractivity contribution in [1.29, 1.82) is 0 Å². The Morgan fingerprint density at radius 2 is 2.29 bits per heavy atom. The molecular formula is C13H13BrN4O2S. The van der Waals surface area contributed by atoms with Gasteiger partial charge in [-0.2, -0.15) is 5.10 Å². The molecule has 0 amide bonds. The van der Waals surface area contributed by atoms with Crippen LogP contribution in [0.1, 0.15) is 11.8 Å². The van der Waals surface area contributed by atoms with E-state index < -0.39 is 5.97 Å². The second kappa shape index (κ2) is 7.19. The molecule has 0 aliphatic heterocycles. The van der Waals surface area contributed by atoms with Gasteiger partial charge in [-0.15, -0.1) is 0 Å². The van der Waals surface area contributed by atoms with E-state index >= 15 is 0 Å². The van der Waals surface area contributed by atoms with Crippen LogP contribution in [0.5, 0.6) is 0 Å². The molecule has 2 rings (SSSR count). The summed E-state index contributed by atoms with van der Waals surface area (Å²) in [6.45, 7) is 2.00. The minimum Gasteiger partial charge on any atom is -0.461 e. The number of hydrogen-bond donors (Lipinski definition) is 2. The number of hydrazone groups is 1.